The van der Waals surface area contributed by atoms with Crippen LogP contribution in [-0.4, -0.2) is 18.5 Å². The number of ether oxygens (including phenoxy) is 2. The number of thiophene rings is 1. The van der Waals surface area contributed by atoms with Gasteiger partial charge >= 0.3 is 5.97 Å². The number of rotatable bonds is 3. The standard InChI is InChI=1S/C10H9NO3S/c1-2-13-6-7-10(12)14-9(11-7)8-4-3-5-15-8/h3-6H,2H2,1H3. The molecular weight excluding hydrogens is 214 g/mol. The van der Waals surface area contributed by atoms with Crippen molar-refractivity contribution in [1.82, 2.24) is 0 Å². The predicted octanol–water partition coefficient (Wildman–Crippen LogP) is 1.93. The lowest BCUT2D eigenvalue weighted by Crippen LogP contribution is -2.03. The number of aliphatic imine (C=N–C) groups is 1. The molecule has 1 aliphatic heterocycles. The van der Waals surface area contributed by atoms with E-state index in [-0.39, 0.29) is 5.70 Å². The third-order valence-electron chi connectivity index (χ3n) is 1.71. The molecule has 0 N–H and O–H groups in total. The minimum Gasteiger partial charge on any atom is -0.499 e. The van der Waals surface area contributed by atoms with Crippen molar-refractivity contribution in [2.45, 2.75) is 6.92 Å². The second kappa shape index (κ2) is 4.27. The maximum atomic E-state index is 11.3. The molecule has 2 heterocycles. The first kappa shape index (κ1) is 9.92. The van der Waals surface area contributed by atoms with Crippen molar-refractivity contribution in [1.29, 1.82) is 0 Å². The largest absolute Gasteiger partial charge is 0.499 e. The van der Waals surface area contributed by atoms with Gasteiger partial charge in [0.25, 0.3) is 0 Å². The second-order valence-electron chi connectivity index (χ2n) is 2.74. The Morgan fingerprint density at radius 1 is 1.67 bits per heavy atom. The smallest absolute Gasteiger partial charge is 0.367 e. The maximum Gasteiger partial charge on any atom is 0.367 e. The molecule has 0 bridgehead atoms. The summed E-state index contributed by atoms with van der Waals surface area (Å²) in [5.74, 6) is -0.118. The summed E-state index contributed by atoms with van der Waals surface area (Å²) >= 11 is 1.47. The lowest BCUT2D eigenvalue weighted by molar-refractivity contribution is -0.130. The van der Waals surface area contributed by atoms with Crippen molar-refractivity contribution in [3.05, 3.63) is 34.3 Å². The zero-order valence-electron chi connectivity index (χ0n) is 8.10. The quantitative estimate of drug-likeness (QED) is 0.447. The molecule has 0 fully saturated rings. The summed E-state index contributed by atoms with van der Waals surface area (Å²) in [6, 6.07) is 3.72. The summed E-state index contributed by atoms with van der Waals surface area (Å²) in [4.78, 5) is 16.2. The van der Waals surface area contributed by atoms with E-state index in [0.29, 0.717) is 12.5 Å². The van der Waals surface area contributed by atoms with Crippen LogP contribution in [0.3, 0.4) is 0 Å². The SMILES string of the molecule is CCOC=C1N=C(c2cccs2)OC1=O. The average molecular weight is 223 g/mol. The molecule has 1 aliphatic rings. The maximum absolute atomic E-state index is 11.3. The van der Waals surface area contributed by atoms with Crippen LogP contribution in [0.5, 0.6) is 0 Å². The molecule has 1 aromatic heterocycles. The van der Waals surface area contributed by atoms with Gasteiger partial charge in [0.1, 0.15) is 6.26 Å². The monoisotopic (exact) mass is 223 g/mol. The molecule has 1 aromatic rings. The summed E-state index contributed by atoms with van der Waals surface area (Å²) in [6.07, 6.45) is 1.32. The Morgan fingerprint density at radius 2 is 2.53 bits per heavy atom. The first-order valence-corrected chi connectivity index (χ1v) is 5.35. The highest BCUT2D eigenvalue weighted by molar-refractivity contribution is 7.12. The fraction of sp³-hybridized carbons (Fsp3) is 0.200. The van der Waals surface area contributed by atoms with Crippen LogP contribution in [0.2, 0.25) is 0 Å². The minimum absolute atomic E-state index is 0.209. The topological polar surface area (TPSA) is 47.9 Å². The first-order chi connectivity index (χ1) is 7.31. The summed E-state index contributed by atoms with van der Waals surface area (Å²) in [6.45, 7) is 2.34. The summed E-state index contributed by atoms with van der Waals surface area (Å²) in [5.41, 5.74) is 0.209. The number of cyclic esters (lactones) is 1. The predicted molar refractivity (Wildman–Crippen MR) is 56.7 cm³/mol. The molecule has 78 valence electrons. The van der Waals surface area contributed by atoms with Gasteiger partial charge in [0, 0.05) is 0 Å². The third-order valence-corrected chi connectivity index (χ3v) is 2.57. The van der Waals surface area contributed by atoms with Crippen LogP contribution >= 0.6 is 11.3 Å². The van der Waals surface area contributed by atoms with E-state index in [2.05, 4.69) is 4.99 Å². The Labute approximate surface area is 90.8 Å². The molecular formula is C10H9NO3S. The number of hydrogen-bond acceptors (Lipinski definition) is 5. The fourth-order valence-corrected chi connectivity index (χ4v) is 1.71. The van der Waals surface area contributed by atoms with Gasteiger partial charge in [0.15, 0.2) is 5.70 Å². The molecule has 0 unspecified atom stereocenters. The van der Waals surface area contributed by atoms with E-state index in [4.69, 9.17) is 9.47 Å². The zero-order valence-corrected chi connectivity index (χ0v) is 8.91. The third kappa shape index (κ3) is 2.07. The Morgan fingerprint density at radius 3 is 3.20 bits per heavy atom. The van der Waals surface area contributed by atoms with Gasteiger partial charge in [-0.15, -0.1) is 11.3 Å². The van der Waals surface area contributed by atoms with Gasteiger partial charge in [-0.05, 0) is 18.4 Å². The van der Waals surface area contributed by atoms with Crippen LogP contribution in [0, 0.1) is 0 Å². The van der Waals surface area contributed by atoms with Crippen LogP contribution in [0.15, 0.2) is 34.5 Å². The summed E-state index contributed by atoms with van der Waals surface area (Å²) < 4.78 is 9.98. The van der Waals surface area contributed by atoms with Gasteiger partial charge in [-0.1, -0.05) is 6.07 Å². The van der Waals surface area contributed by atoms with Crippen molar-refractivity contribution in [3.63, 3.8) is 0 Å². The van der Waals surface area contributed by atoms with Gasteiger partial charge < -0.3 is 9.47 Å². The van der Waals surface area contributed by atoms with Crippen LogP contribution in [0.1, 0.15) is 11.8 Å². The van der Waals surface area contributed by atoms with Crippen molar-refractivity contribution in [2.75, 3.05) is 6.61 Å². The van der Waals surface area contributed by atoms with Gasteiger partial charge in [-0.25, -0.2) is 9.79 Å². The number of carbonyl (C=O) groups excluding carboxylic acids is 1. The van der Waals surface area contributed by atoms with Gasteiger partial charge in [0.2, 0.25) is 5.90 Å². The van der Waals surface area contributed by atoms with Gasteiger partial charge in [-0.2, -0.15) is 0 Å². The molecule has 0 amide bonds. The molecule has 0 aromatic carbocycles. The van der Waals surface area contributed by atoms with Crippen molar-refractivity contribution in [3.8, 4) is 0 Å². The number of hydrogen-bond donors (Lipinski definition) is 0. The average Bonchev–Trinajstić information content (AvgIpc) is 2.83. The minimum atomic E-state index is -0.466. The van der Waals surface area contributed by atoms with E-state index < -0.39 is 5.97 Å². The molecule has 0 saturated carbocycles. The lowest BCUT2D eigenvalue weighted by atomic mass is 10.5. The number of carbonyl (C=O) groups is 1. The van der Waals surface area contributed by atoms with E-state index in [1.807, 2.05) is 24.4 Å². The van der Waals surface area contributed by atoms with Crippen molar-refractivity contribution >= 4 is 23.2 Å². The molecule has 0 atom stereocenters. The Kier molecular flexibility index (Phi) is 2.82. The number of esters is 1. The van der Waals surface area contributed by atoms with Crippen molar-refractivity contribution in [2.24, 2.45) is 4.99 Å². The van der Waals surface area contributed by atoms with Gasteiger partial charge in [0.05, 0.1) is 11.5 Å². The highest BCUT2D eigenvalue weighted by atomic mass is 32.1. The van der Waals surface area contributed by atoms with E-state index >= 15 is 0 Å². The molecule has 0 radical (unpaired) electrons. The Balaban J connectivity index is 2.21. The molecule has 4 nitrogen and oxygen atoms in total. The first-order valence-electron chi connectivity index (χ1n) is 4.47. The molecule has 15 heavy (non-hydrogen) atoms. The molecule has 0 spiro atoms. The van der Waals surface area contributed by atoms with Crippen LogP contribution in [0.4, 0.5) is 0 Å². The van der Waals surface area contributed by atoms with Crippen LogP contribution in [-0.2, 0) is 14.3 Å². The fourth-order valence-electron chi connectivity index (χ4n) is 1.06. The molecule has 0 aliphatic carbocycles. The Hall–Kier alpha value is -1.62. The second-order valence-corrected chi connectivity index (χ2v) is 3.69. The van der Waals surface area contributed by atoms with E-state index in [9.17, 15) is 4.79 Å². The lowest BCUT2D eigenvalue weighted by Gasteiger charge is -1.93. The molecule has 0 saturated heterocycles. The highest BCUT2D eigenvalue weighted by Crippen LogP contribution is 2.19. The Bertz CT molecular complexity index is 420. The van der Waals surface area contributed by atoms with Gasteiger partial charge in [-0.3, -0.25) is 0 Å². The van der Waals surface area contributed by atoms with E-state index in [0.717, 1.165) is 4.88 Å². The van der Waals surface area contributed by atoms with Crippen molar-refractivity contribution < 1.29 is 14.3 Å². The van der Waals surface area contributed by atoms with E-state index in [1.165, 1.54) is 17.6 Å². The summed E-state index contributed by atoms with van der Waals surface area (Å²) in [7, 11) is 0. The molecule has 5 heteroatoms. The zero-order chi connectivity index (χ0) is 10.7. The summed E-state index contributed by atoms with van der Waals surface area (Å²) in [5, 5.41) is 1.90. The van der Waals surface area contributed by atoms with Crippen LogP contribution in [0.25, 0.3) is 0 Å². The van der Waals surface area contributed by atoms with E-state index in [1.54, 1.807) is 0 Å². The van der Waals surface area contributed by atoms with Crippen LogP contribution < -0.4 is 0 Å². The molecule has 2 rings (SSSR count). The normalized spacial score (nSPS) is 17.8. The highest BCUT2D eigenvalue weighted by Gasteiger charge is 2.24. The number of nitrogens with zero attached hydrogens (tertiary/aromatic N) is 1.